The standard InChI is InChI=1S/C13H22N2O5/c1-20-5-4-13(2-3-13)8-14-12(19)15-7-9(16)6-10(15)11(17)18/h9-10,16H,2-8H2,1H3,(H,14,19)(H,17,18)/t9-,10-/m1/s1. The predicted octanol–water partition coefficient (Wildman–Crippen LogP) is 0.0325. The van der Waals surface area contributed by atoms with E-state index in [2.05, 4.69) is 5.32 Å². The van der Waals surface area contributed by atoms with Crippen LogP contribution in [-0.4, -0.2) is 66.1 Å². The minimum Gasteiger partial charge on any atom is -0.480 e. The van der Waals surface area contributed by atoms with E-state index in [1.54, 1.807) is 7.11 Å². The highest BCUT2D eigenvalue weighted by molar-refractivity contribution is 5.83. The molecule has 2 fully saturated rings. The van der Waals surface area contributed by atoms with Gasteiger partial charge in [0.15, 0.2) is 0 Å². The summed E-state index contributed by atoms with van der Waals surface area (Å²) < 4.78 is 5.05. The second-order valence-corrected chi connectivity index (χ2v) is 5.80. The molecule has 1 saturated heterocycles. The van der Waals surface area contributed by atoms with Gasteiger partial charge in [0.25, 0.3) is 0 Å². The van der Waals surface area contributed by atoms with Crippen molar-refractivity contribution in [2.75, 3.05) is 26.8 Å². The van der Waals surface area contributed by atoms with Crippen molar-refractivity contribution in [3.05, 3.63) is 0 Å². The normalized spacial score (nSPS) is 27.4. The molecule has 2 rings (SSSR count). The molecule has 0 radical (unpaired) electrons. The van der Waals surface area contributed by atoms with Crippen LogP contribution in [0.1, 0.15) is 25.7 Å². The molecule has 1 aliphatic carbocycles. The maximum absolute atomic E-state index is 12.1. The lowest BCUT2D eigenvalue weighted by molar-refractivity contribution is -0.141. The first kappa shape index (κ1) is 15.1. The van der Waals surface area contributed by atoms with Gasteiger partial charge in [0.05, 0.1) is 6.10 Å². The van der Waals surface area contributed by atoms with Crippen molar-refractivity contribution in [1.29, 1.82) is 0 Å². The third-order valence-electron chi connectivity index (χ3n) is 4.23. The number of aliphatic hydroxyl groups is 1. The van der Waals surface area contributed by atoms with Crippen molar-refractivity contribution in [2.45, 2.75) is 37.8 Å². The van der Waals surface area contributed by atoms with Gasteiger partial charge in [0.1, 0.15) is 6.04 Å². The Morgan fingerprint density at radius 3 is 2.70 bits per heavy atom. The number of carbonyl (C=O) groups is 2. The Kier molecular flexibility index (Phi) is 4.49. The third kappa shape index (κ3) is 3.40. The first-order valence-electron chi connectivity index (χ1n) is 6.92. The zero-order valence-electron chi connectivity index (χ0n) is 11.7. The summed E-state index contributed by atoms with van der Waals surface area (Å²) in [6, 6.07) is -1.34. The molecule has 2 aliphatic rings. The molecule has 7 nitrogen and oxygen atoms in total. The van der Waals surface area contributed by atoms with Crippen molar-refractivity contribution < 1.29 is 24.5 Å². The number of aliphatic hydroxyl groups excluding tert-OH is 1. The lowest BCUT2D eigenvalue weighted by Gasteiger charge is -2.23. The fraction of sp³-hybridized carbons (Fsp3) is 0.846. The lowest BCUT2D eigenvalue weighted by Crippen LogP contribution is -2.47. The van der Waals surface area contributed by atoms with Crippen molar-refractivity contribution in [2.24, 2.45) is 5.41 Å². The largest absolute Gasteiger partial charge is 0.480 e. The summed E-state index contributed by atoms with van der Waals surface area (Å²) in [5.74, 6) is -1.07. The Morgan fingerprint density at radius 1 is 1.45 bits per heavy atom. The monoisotopic (exact) mass is 286 g/mol. The minimum atomic E-state index is -1.07. The number of β-amino-alcohol motifs (C(OH)–C–C–N with tert-alkyl or cyclic N) is 1. The molecule has 2 atom stereocenters. The topological polar surface area (TPSA) is 99.1 Å². The average Bonchev–Trinajstić information content (AvgIpc) is 3.07. The number of carboxylic acid groups (broad SMARTS) is 1. The Labute approximate surface area is 117 Å². The van der Waals surface area contributed by atoms with Crippen LogP contribution in [0.5, 0.6) is 0 Å². The molecular weight excluding hydrogens is 264 g/mol. The fourth-order valence-electron chi connectivity index (χ4n) is 2.65. The van der Waals surface area contributed by atoms with Crippen LogP contribution in [0.15, 0.2) is 0 Å². The number of rotatable bonds is 6. The predicted molar refractivity (Wildman–Crippen MR) is 70.3 cm³/mol. The summed E-state index contributed by atoms with van der Waals surface area (Å²) in [6.07, 6.45) is 2.35. The summed E-state index contributed by atoms with van der Waals surface area (Å²) in [6.45, 7) is 1.28. The van der Waals surface area contributed by atoms with E-state index in [-0.39, 0.29) is 18.4 Å². The van der Waals surface area contributed by atoms with Gasteiger partial charge in [-0.1, -0.05) is 0 Å². The Balaban J connectivity index is 1.84. The summed E-state index contributed by atoms with van der Waals surface area (Å²) in [4.78, 5) is 24.3. The van der Waals surface area contributed by atoms with Crippen LogP contribution in [-0.2, 0) is 9.53 Å². The highest BCUT2D eigenvalue weighted by Crippen LogP contribution is 2.48. The van der Waals surface area contributed by atoms with Crippen LogP contribution in [0.4, 0.5) is 4.79 Å². The van der Waals surface area contributed by atoms with E-state index in [0.29, 0.717) is 13.2 Å². The molecule has 7 heteroatoms. The number of carboxylic acids is 1. The first-order chi connectivity index (χ1) is 9.47. The highest BCUT2D eigenvalue weighted by Gasteiger charge is 2.44. The third-order valence-corrected chi connectivity index (χ3v) is 4.23. The number of nitrogens with one attached hydrogen (secondary N) is 1. The quantitative estimate of drug-likeness (QED) is 0.640. The number of amides is 2. The summed E-state index contributed by atoms with van der Waals surface area (Å²) in [7, 11) is 1.65. The Hall–Kier alpha value is -1.34. The van der Waals surface area contributed by atoms with Gasteiger partial charge in [-0.2, -0.15) is 0 Å². The van der Waals surface area contributed by atoms with Crippen LogP contribution < -0.4 is 5.32 Å². The number of nitrogens with zero attached hydrogens (tertiary/aromatic N) is 1. The van der Waals surface area contributed by atoms with Crippen molar-refractivity contribution in [1.82, 2.24) is 10.2 Å². The van der Waals surface area contributed by atoms with E-state index in [4.69, 9.17) is 9.84 Å². The number of urea groups is 1. The van der Waals surface area contributed by atoms with Crippen LogP contribution in [0.3, 0.4) is 0 Å². The number of hydrogen-bond acceptors (Lipinski definition) is 4. The molecule has 1 aliphatic heterocycles. The van der Waals surface area contributed by atoms with Crippen LogP contribution in [0, 0.1) is 5.41 Å². The van der Waals surface area contributed by atoms with E-state index >= 15 is 0 Å². The van der Waals surface area contributed by atoms with Gasteiger partial charge in [-0.3, -0.25) is 0 Å². The number of carbonyl (C=O) groups excluding carboxylic acids is 1. The molecule has 1 heterocycles. The molecule has 0 aromatic rings. The molecule has 20 heavy (non-hydrogen) atoms. The molecule has 0 unspecified atom stereocenters. The fourth-order valence-corrected chi connectivity index (χ4v) is 2.65. The highest BCUT2D eigenvalue weighted by atomic mass is 16.5. The molecule has 0 bridgehead atoms. The molecule has 0 aromatic carbocycles. The molecule has 0 spiro atoms. The second kappa shape index (κ2) is 5.97. The van der Waals surface area contributed by atoms with Gasteiger partial charge >= 0.3 is 12.0 Å². The lowest BCUT2D eigenvalue weighted by atomic mass is 10.0. The van der Waals surface area contributed by atoms with Gasteiger partial charge in [-0.15, -0.1) is 0 Å². The van der Waals surface area contributed by atoms with E-state index in [0.717, 1.165) is 19.3 Å². The number of hydrogen-bond donors (Lipinski definition) is 3. The molecule has 114 valence electrons. The Bertz CT molecular complexity index is 383. The van der Waals surface area contributed by atoms with E-state index in [9.17, 15) is 14.7 Å². The van der Waals surface area contributed by atoms with Gasteiger partial charge in [0, 0.05) is 33.2 Å². The van der Waals surface area contributed by atoms with Gasteiger partial charge in [0.2, 0.25) is 0 Å². The molecule has 1 saturated carbocycles. The maximum Gasteiger partial charge on any atom is 0.326 e. The maximum atomic E-state index is 12.1. The van der Waals surface area contributed by atoms with Crippen molar-refractivity contribution in [3.63, 3.8) is 0 Å². The van der Waals surface area contributed by atoms with Gasteiger partial charge in [-0.25, -0.2) is 9.59 Å². The molecule has 0 aromatic heterocycles. The second-order valence-electron chi connectivity index (χ2n) is 5.80. The summed E-state index contributed by atoms with van der Waals surface area (Å²) >= 11 is 0. The minimum absolute atomic E-state index is 0.0773. The van der Waals surface area contributed by atoms with E-state index < -0.39 is 24.1 Å². The zero-order valence-corrected chi connectivity index (χ0v) is 11.7. The van der Waals surface area contributed by atoms with Crippen LogP contribution in [0.25, 0.3) is 0 Å². The molecule has 2 amide bonds. The average molecular weight is 286 g/mol. The molecular formula is C13H22N2O5. The first-order valence-corrected chi connectivity index (χ1v) is 6.92. The number of aliphatic carboxylic acids is 1. The molecule has 3 N–H and O–H groups in total. The van der Waals surface area contributed by atoms with Crippen molar-refractivity contribution in [3.8, 4) is 0 Å². The number of methoxy groups -OCH3 is 1. The van der Waals surface area contributed by atoms with E-state index in [1.165, 1.54) is 4.90 Å². The van der Waals surface area contributed by atoms with E-state index in [1.807, 2.05) is 0 Å². The zero-order chi connectivity index (χ0) is 14.8. The van der Waals surface area contributed by atoms with Gasteiger partial charge < -0.3 is 25.2 Å². The smallest absolute Gasteiger partial charge is 0.326 e. The van der Waals surface area contributed by atoms with Crippen LogP contribution >= 0.6 is 0 Å². The SMILES string of the molecule is COCCC1(CNC(=O)N2C[C@H](O)C[C@@H]2C(=O)O)CC1. The van der Waals surface area contributed by atoms with Gasteiger partial charge in [-0.05, 0) is 24.7 Å². The van der Waals surface area contributed by atoms with Crippen molar-refractivity contribution >= 4 is 12.0 Å². The number of ether oxygens (including phenoxy) is 1. The Morgan fingerprint density at radius 2 is 2.15 bits per heavy atom. The summed E-state index contributed by atoms with van der Waals surface area (Å²) in [5.41, 5.74) is 0.114. The number of likely N-dealkylation sites (tertiary alicyclic amines) is 1. The summed E-state index contributed by atoms with van der Waals surface area (Å²) in [5, 5.41) is 21.4. The van der Waals surface area contributed by atoms with Crippen LogP contribution in [0.2, 0.25) is 0 Å².